The van der Waals surface area contributed by atoms with Gasteiger partial charge in [-0.1, -0.05) is 0 Å². The second-order valence-corrected chi connectivity index (χ2v) is 5.80. The molecule has 2 aromatic rings. The minimum absolute atomic E-state index is 0.107. The van der Waals surface area contributed by atoms with Gasteiger partial charge in [-0.05, 0) is 49.2 Å². The molecule has 2 N–H and O–H groups in total. The molecule has 0 aliphatic carbocycles. The number of rotatable bonds is 3. The van der Waals surface area contributed by atoms with Crippen LogP contribution >= 0.6 is 0 Å². The number of hydrogen-bond donors (Lipinski definition) is 2. The Hall–Kier alpha value is -3.22. The Morgan fingerprint density at radius 3 is 2.48 bits per heavy atom. The van der Waals surface area contributed by atoms with E-state index in [4.69, 9.17) is 0 Å². The Morgan fingerprint density at radius 1 is 1.12 bits per heavy atom. The first kappa shape index (κ1) is 16.6. The van der Waals surface area contributed by atoms with Crippen molar-refractivity contribution >= 4 is 34.8 Å². The molecule has 25 heavy (non-hydrogen) atoms. The smallest absolute Gasteiger partial charge is 0.314 e. The molecule has 1 aromatic carbocycles. The summed E-state index contributed by atoms with van der Waals surface area (Å²) in [7, 11) is 0. The molecule has 128 valence electrons. The maximum Gasteiger partial charge on any atom is 0.314 e. The summed E-state index contributed by atoms with van der Waals surface area (Å²) in [4.78, 5) is 41.4. The maximum absolute atomic E-state index is 12.0. The van der Waals surface area contributed by atoms with E-state index in [1.165, 1.54) is 6.20 Å². The quantitative estimate of drug-likeness (QED) is 0.839. The van der Waals surface area contributed by atoms with Crippen molar-refractivity contribution in [3.05, 3.63) is 48.3 Å². The van der Waals surface area contributed by atoms with Crippen LogP contribution < -0.4 is 15.5 Å². The van der Waals surface area contributed by atoms with Crippen molar-refractivity contribution in [1.29, 1.82) is 0 Å². The predicted octanol–water partition coefficient (Wildman–Crippen LogP) is 2.09. The van der Waals surface area contributed by atoms with Gasteiger partial charge >= 0.3 is 11.8 Å². The Morgan fingerprint density at radius 2 is 1.88 bits per heavy atom. The molecule has 1 aliphatic heterocycles. The zero-order valence-electron chi connectivity index (χ0n) is 13.8. The van der Waals surface area contributed by atoms with E-state index < -0.39 is 11.8 Å². The number of benzene rings is 1. The van der Waals surface area contributed by atoms with Crippen molar-refractivity contribution in [1.82, 2.24) is 4.98 Å². The van der Waals surface area contributed by atoms with E-state index in [1.807, 2.05) is 6.92 Å². The zero-order chi connectivity index (χ0) is 17.8. The van der Waals surface area contributed by atoms with E-state index in [9.17, 15) is 14.4 Å². The van der Waals surface area contributed by atoms with Gasteiger partial charge < -0.3 is 15.5 Å². The molecular formula is C18H18N4O3. The van der Waals surface area contributed by atoms with Crippen LogP contribution in [-0.2, 0) is 14.4 Å². The number of anilines is 3. The molecule has 1 aliphatic rings. The highest BCUT2D eigenvalue weighted by Crippen LogP contribution is 2.27. The summed E-state index contributed by atoms with van der Waals surface area (Å²) in [5.74, 6) is -1.44. The lowest BCUT2D eigenvalue weighted by atomic mass is 10.1. The highest BCUT2D eigenvalue weighted by Gasteiger charge is 2.23. The monoisotopic (exact) mass is 338 g/mol. The summed E-state index contributed by atoms with van der Waals surface area (Å²) in [5.41, 5.74) is 2.64. The van der Waals surface area contributed by atoms with Gasteiger partial charge in [0, 0.05) is 30.5 Å². The maximum atomic E-state index is 12.0. The van der Waals surface area contributed by atoms with Crippen LogP contribution in [-0.4, -0.2) is 29.3 Å². The highest BCUT2D eigenvalue weighted by atomic mass is 16.2. The summed E-state index contributed by atoms with van der Waals surface area (Å²) in [6.07, 6.45) is 4.44. The van der Waals surface area contributed by atoms with Gasteiger partial charge in [-0.3, -0.25) is 19.4 Å². The summed E-state index contributed by atoms with van der Waals surface area (Å²) >= 11 is 0. The standard InChI is InChI=1S/C18H18N4O3/c1-12-10-13(6-7-15(12)22-9-3-5-16(22)23)20-17(24)18(25)21-14-4-2-8-19-11-14/h2,4,6-8,10-11H,3,5,9H2,1H3,(H,20,24)(H,21,25). The van der Waals surface area contributed by atoms with E-state index in [0.29, 0.717) is 24.3 Å². The SMILES string of the molecule is Cc1cc(NC(=O)C(=O)Nc2cccnc2)ccc1N1CCCC1=O. The topological polar surface area (TPSA) is 91.4 Å². The van der Waals surface area contributed by atoms with Crippen LogP contribution in [0.2, 0.25) is 0 Å². The minimum atomic E-state index is -0.774. The molecule has 1 aromatic heterocycles. The average Bonchev–Trinajstić information content (AvgIpc) is 3.01. The third kappa shape index (κ3) is 3.82. The Bertz CT molecular complexity index is 820. The lowest BCUT2D eigenvalue weighted by Crippen LogP contribution is -2.29. The fourth-order valence-corrected chi connectivity index (χ4v) is 2.75. The third-order valence-corrected chi connectivity index (χ3v) is 3.94. The number of aromatic nitrogens is 1. The fraction of sp³-hybridized carbons (Fsp3) is 0.222. The first-order valence-corrected chi connectivity index (χ1v) is 7.98. The number of nitrogens with zero attached hydrogens (tertiary/aromatic N) is 2. The van der Waals surface area contributed by atoms with Crippen LogP contribution in [0.15, 0.2) is 42.7 Å². The van der Waals surface area contributed by atoms with Gasteiger partial charge in [0.15, 0.2) is 0 Å². The Kier molecular flexibility index (Phi) is 4.74. The van der Waals surface area contributed by atoms with Crippen LogP contribution in [0.1, 0.15) is 18.4 Å². The molecule has 1 fully saturated rings. The van der Waals surface area contributed by atoms with E-state index >= 15 is 0 Å². The predicted molar refractivity (Wildman–Crippen MR) is 94.3 cm³/mol. The molecular weight excluding hydrogens is 320 g/mol. The number of nitrogens with one attached hydrogen (secondary N) is 2. The molecule has 7 nitrogen and oxygen atoms in total. The number of pyridine rings is 1. The molecule has 3 amide bonds. The normalized spacial score (nSPS) is 13.6. The molecule has 0 atom stereocenters. The summed E-state index contributed by atoms with van der Waals surface area (Å²) in [5, 5.41) is 5.03. The van der Waals surface area contributed by atoms with E-state index in [2.05, 4.69) is 15.6 Å². The molecule has 1 saturated heterocycles. The van der Waals surface area contributed by atoms with Gasteiger partial charge in [-0.15, -0.1) is 0 Å². The number of hydrogen-bond acceptors (Lipinski definition) is 4. The number of carbonyl (C=O) groups is 3. The van der Waals surface area contributed by atoms with Crippen molar-refractivity contribution in [3.8, 4) is 0 Å². The van der Waals surface area contributed by atoms with Crippen LogP contribution in [0.4, 0.5) is 17.1 Å². The average molecular weight is 338 g/mol. The highest BCUT2D eigenvalue weighted by molar-refractivity contribution is 6.43. The minimum Gasteiger partial charge on any atom is -0.318 e. The molecule has 0 radical (unpaired) electrons. The number of carbonyl (C=O) groups excluding carboxylic acids is 3. The second-order valence-electron chi connectivity index (χ2n) is 5.80. The number of aryl methyl sites for hydroxylation is 1. The van der Waals surface area contributed by atoms with Gasteiger partial charge in [0.05, 0.1) is 11.9 Å². The molecule has 2 heterocycles. The van der Waals surface area contributed by atoms with Crippen LogP contribution in [0, 0.1) is 6.92 Å². The number of amides is 3. The summed E-state index contributed by atoms with van der Waals surface area (Å²) in [6.45, 7) is 2.57. The lowest BCUT2D eigenvalue weighted by Gasteiger charge is -2.19. The molecule has 7 heteroatoms. The fourth-order valence-electron chi connectivity index (χ4n) is 2.75. The van der Waals surface area contributed by atoms with E-state index in [0.717, 1.165) is 17.7 Å². The second kappa shape index (κ2) is 7.12. The molecule has 3 rings (SSSR count). The van der Waals surface area contributed by atoms with Gasteiger partial charge in [0.1, 0.15) is 0 Å². The van der Waals surface area contributed by atoms with Crippen molar-refractivity contribution in [2.75, 3.05) is 22.1 Å². The van der Waals surface area contributed by atoms with E-state index in [-0.39, 0.29) is 5.91 Å². The Labute approximate surface area is 145 Å². The van der Waals surface area contributed by atoms with Crippen molar-refractivity contribution in [2.45, 2.75) is 19.8 Å². The lowest BCUT2D eigenvalue weighted by molar-refractivity contribution is -0.133. The van der Waals surface area contributed by atoms with Crippen LogP contribution in [0.5, 0.6) is 0 Å². The van der Waals surface area contributed by atoms with Gasteiger partial charge in [-0.2, -0.15) is 0 Å². The van der Waals surface area contributed by atoms with Crippen LogP contribution in [0.3, 0.4) is 0 Å². The van der Waals surface area contributed by atoms with Gasteiger partial charge in [-0.25, -0.2) is 0 Å². The van der Waals surface area contributed by atoms with Crippen molar-refractivity contribution < 1.29 is 14.4 Å². The first-order chi connectivity index (χ1) is 12.0. The Balaban J connectivity index is 1.66. The van der Waals surface area contributed by atoms with Crippen molar-refractivity contribution in [3.63, 3.8) is 0 Å². The molecule has 0 saturated carbocycles. The summed E-state index contributed by atoms with van der Waals surface area (Å²) in [6, 6.07) is 8.52. The van der Waals surface area contributed by atoms with Gasteiger partial charge in [0.25, 0.3) is 0 Å². The zero-order valence-corrected chi connectivity index (χ0v) is 13.8. The molecule has 0 spiro atoms. The largest absolute Gasteiger partial charge is 0.318 e. The van der Waals surface area contributed by atoms with Crippen molar-refractivity contribution in [2.24, 2.45) is 0 Å². The molecule has 0 bridgehead atoms. The van der Waals surface area contributed by atoms with Crippen LogP contribution in [0.25, 0.3) is 0 Å². The summed E-state index contributed by atoms with van der Waals surface area (Å²) < 4.78 is 0. The van der Waals surface area contributed by atoms with E-state index in [1.54, 1.807) is 41.4 Å². The molecule has 0 unspecified atom stereocenters. The first-order valence-electron chi connectivity index (χ1n) is 7.98. The van der Waals surface area contributed by atoms with Gasteiger partial charge in [0.2, 0.25) is 5.91 Å². The third-order valence-electron chi connectivity index (χ3n) is 3.94.